The van der Waals surface area contributed by atoms with E-state index in [1.165, 1.54) is 25.5 Å². The van der Waals surface area contributed by atoms with Gasteiger partial charge in [0.15, 0.2) is 0 Å². The number of pyridine rings is 1. The highest BCUT2D eigenvalue weighted by atomic mass is 32.2. The van der Waals surface area contributed by atoms with E-state index in [2.05, 4.69) is 4.98 Å². The number of likely N-dealkylation sites (N-methyl/N-ethyl adjacent to an activating group) is 1. The molecule has 0 unspecified atom stereocenters. The summed E-state index contributed by atoms with van der Waals surface area (Å²) in [7, 11) is -2.34. The zero-order valence-corrected chi connectivity index (χ0v) is 11.6. The number of sulfonamides is 1. The molecule has 2 rings (SSSR count). The number of nitrogens with zero attached hydrogens (tertiary/aromatic N) is 2. The van der Waals surface area contributed by atoms with Crippen molar-refractivity contribution in [3.63, 3.8) is 0 Å². The lowest BCUT2D eigenvalue weighted by atomic mass is 9.97. The van der Waals surface area contributed by atoms with Crippen LogP contribution in [0.3, 0.4) is 0 Å². The maximum atomic E-state index is 12.5. The molecule has 1 aromatic rings. The fraction of sp³-hybridized carbons (Fsp3) is 0.500. The maximum Gasteiger partial charge on any atom is 0.245 e. The molecule has 19 heavy (non-hydrogen) atoms. The lowest BCUT2D eigenvalue weighted by Crippen LogP contribution is -2.56. The summed E-state index contributed by atoms with van der Waals surface area (Å²) in [6.45, 7) is 0. The Kier molecular flexibility index (Phi) is 3.60. The van der Waals surface area contributed by atoms with Gasteiger partial charge in [0, 0.05) is 19.4 Å². The van der Waals surface area contributed by atoms with E-state index in [0.717, 1.165) is 17.1 Å². The van der Waals surface area contributed by atoms with Crippen molar-refractivity contribution >= 4 is 15.9 Å². The summed E-state index contributed by atoms with van der Waals surface area (Å²) < 4.78 is 26.1. The number of hydrogen-bond acceptors (Lipinski definition) is 4. The van der Waals surface area contributed by atoms with E-state index < -0.39 is 21.5 Å². The minimum absolute atomic E-state index is 0.0741. The Balaban J connectivity index is 2.43. The van der Waals surface area contributed by atoms with Crippen LogP contribution in [-0.4, -0.2) is 36.2 Å². The SMILES string of the molecule is CN(C1(C(N)=O)CCCC1)S(=O)(=O)c1cccnc1. The van der Waals surface area contributed by atoms with Crippen molar-refractivity contribution in [2.75, 3.05) is 7.05 Å². The van der Waals surface area contributed by atoms with E-state index >= 15 is 0 Å². The zero-order chi connectivity index (χ0) is 14.1. The predicted molar refractivity (Wildman–Crippen MR) is 69.6 cm³/mol. The first-order valence-electron chi connectivity index (χ1n) is 6.10. The average Bonchev–Trinajstić information content (AvgIpc) is 2.89. The van der Waals surface area contributed by atoms with Gasteiger partial charge < -0.3 is 5.73 Å². The van der Waals surface area contributed by atoms with Crippen molar-refractivity contribution in [3.05, 3.63) is 24.5 Å². The summed E-state index contributed by atoms with van der Waals surface area (Å²) in [6.07, 6.45) is 5.32. The molecule has 104 valence electrons. The summed E-state index contributed by atoms with van der Waals surface area (Å²) >= 11 is 0. The quantitative estimate of drug-likeness (QED) is 0.870. The van der Waals surface area contributed by atoms with Crippen molar-refractivity contribution in [2.24, 2.45) is 5.73 Å². The third-order valence-corrected chi connectivity index (χ3v) is 5.69. The molecule has 0 saturated heterocycles. The van der Waals surface area contributed by atoms with Gasteiger partial charge >= 0.3 is 0 Å². The largest absolute Gasteiger partial charge is 0.368 e. The zero-order valence-electron chi connectivity index (χ0n) is 10.7. The van der Waals surface area contributed by atoms with Crippen molar-refractivity contribution in [1.29, 1.82) is 0 Å². The Morgan fingerprint density at radius 2 is 2.05 bits per heavy atom. The molecule has 6 nitrogen and oxygen atoms in total. The maximum absolute atomic E-state index is 12.5. The van der Waals surface area contributed by atoms with Crippen LogP contribution in [0.2, 0.25) is 0 Å². The fourth-order valence-electron chi connectivity index (χ4n) is 2.56. The molecule has 0 aromatic carbocycles. The molecular weight excluding hydrogens is 266 g/mol. The molecule has 1 aliphatic rings. The third-order valence-electron chi connectivity index (χ3n) is 3.78. The smallest absolute Gasteiger partial charge is 0.245 e. The molecule has 0 atom stereocenters. The standard InChI is InChI=1S/C12H17N3O3S/c1-15(12(11(13)16)6-2-3-7-12)19(17,18)10-5-4-8-14-9-10/h4-5,8-9H,2-3,6-7H2,1H3,(H2,13,16). The second-order valence-corrected chi connectivity index (χ2v) is 6.73. The normalized spacial score (nSPS) is 18.6. The van der Waals surface area contributed by atoms with Crippen LogP contribution in [-0.2, 0) is 14.8 Å². The molecule has 0 radical (unpaired) electrons. The van der Waals surface area contributed by atoms with Crippen molar-refractivity contribution in [3.8, 4) is 0 Å². The molecule has 1 amide bonds. The van der Waals surface area contributed by atoms with E-state index in [1.54, 1.807) is 6.07 Å². The monoisotopic (exact) mass is 283 g/mol. The van der Waals surface area contributed by atoms with E-state index in [-0.39, 0.29) is 4.90 Å². The first-order valence-corrected chi connectivity index (χ1v) is 7.54. The van der Waals surface area contributed by atoms with Gasteiger partial charge in [0.25, 0.3) is 0 Å². The molecule has 0 spiro atoms. The molecule has 2 N–H and O–H groups in total. The van der Waals surface area contributed by atoms with Gasteiger partial charge in [0.1, 0.15) is 10.4 Å². The van der Waals surface area contributed by atoms with Crippen LogP contribution in [0.5, 0.6) is 0 Å². The molecule has 1 fully saturated rings. The number of carbonyl (C=O) groups is 1. The minimum Gasteiger partial charge on any atom is -0.368 e. The summed E-state index contributed by atoms with van der Waals surface area (Å²) in [4.78, 5) is 15.6. The van der Waals surface area contributed by atoms with Gasteiger partial charge in [0.05, 0.1) is 0 Å². The Morgan fingerprint density at radius 3 is 2.53 bits per heavy atom. The number of nitrogens with two attached hydrogens (primary N) is 1. The van der Waals surface area contributed by atoms with Gasteiger partial charge in [0.2, 0.25) is 15.9 Å². The minimum atomic E-state index is -3.76. The Morgan fingerprint density at radius 1 is 1.42 bits per heavy atom. The van der Waals surface area contributed by atoms with Gasteiger partial charge in [-0.1, -0.05) is 12.8 Å². The highest BCUT2D eigenvalue weighted by Crippen LogP contribution is 2.37. The van der Waals surface area contributed by atoms with E-state index in [0.29, 0.717) is 12.8 Å². The molecule has 0 bridgehead atoms. The Hall–Kier alpha value is -1.47. The molecule has 1 heterocycles. The van der Waals surface area contributed by atoms with E-state index in [4.69, 9.17) is 5.73 Å². The molecule has 7 heteroatoms. The summed E-state index contributed by atoms with van der Waals surface area (Å²) in [5.74, 6) is -0.583. The predicted octanol–water partition coefficient (Wildman–Crippen LogP) is 0.500. The van der Waals surface area contributed by atoms with Gasteiger partial charge in [-0.05, 0) is 25.0 Å². The number of amides is 1. The summed E-state index contributed by atoms with van der Waals surface area (Å²) in [5.41, 5.74) is 4.35. The number of hydrogen-bond donors (Lipinski definition) is 1. The van der Waals surface area contributed by atoms with E-state index in [1.807, 2.05) is 0 Å². The highest BCUT2D eigenvalue weighted by Gasteiger charge is 2.48. The number of primary amides is 1. The first-order chi connectivity index (χ1) is 8.91. The van der Waals surface area contributed by atoms with Gasteiger partial charge in [-0.15, -0.1) is 0 Å². The van der Waals surface area contributed by atoms with Crippen LogP contribution in [0.15, 0.2) is 29.4 Å². The van der Waals surface area contributed by atoms with Crippen LogP contribution >= 0.6 is 0 Å². The van der Waals surface area contributed by atoms with Crippen molar-refractivity contribution < 1.29 is 13.2 Å². The molecule has 1 aliphatic carbocycles. The topological polar surface area (TPSA) is 93.4 Å². The first kappa shape index (κ1) is 14.0. The van der Waals surface area contributed by atoms with Crippen LogP contribution < -0.4 is 5.73 Å². The second kappa shape index (κ2) is 4.90. The molecule has 0 aliphatic heterocycles. The van der Waals surface area contributed by atoms with Gasteiger partial charge in [-0.25, -0.2) is 8.42 Å². The second-order valence-electron chi connectivity index (χ2n) is 4.76. The molecule has 1 aromatic heterocycles. The number of aromatic nitrogens is 1. The lowest BCUT2D eigenvalue weighted by molar-refractivity contribution is -0.126. The van der Waals surface area contributed by atoms with Gasteiger partial charge in [-0.3, -0.25) is 9.78 Å². The lowest BCUT2D eigenvalue weighted by Gasteiger charge is -2.34. The molecule has 1 saturated carbocycles. The van der Waals surface area contributed by atoms with Gasteiger partial charge in [-0.2, -0.15) is 4.31 Å². The summed E-state index contributed by atoms with van der Waals surface area (Å²) in [6, 6.07) is 3.01. The number of rotatable bonds is 4. The Labute approximate surface area is 112 Å². The summed E-state index contributed by atoms with van der Waals surface area (Å²) in [5, 5.41) is 0. The average molecular weight is 283 g/mol. The number of carbonyl (C=O) groups excluding carboxylic acids is 1. The van der Waals surface area contributed by atoms with Crippen LogP contribution in [0.4, 0.5) is 0 Å². The highest BCUT2D eigenvalue weighted by molar-refractivity contribution is 7.89. The molecular formula is C12H17N3O3S. The van der Waals surface area contributed by atoms with Crippen LogP contribution in [0.1, 0.15) is 25.7 Å². The van der Waals surface area contributed by atoms with Crippen molar-refractivity contribution in [2.45, 2.75) is 36.1 Å². The van der Waals surface area contributed by atoms with Crippen molar-refractivity contribution in [1.82, 2.24) is 9.29 Å². The Bertz CT molecular complexity index is 565. The van der Waals surface area contributed by atoms with Crippen LogP contribution in [0, 0.1) is 0 Å². The third kappa shape index (κ3) is 2.23. The van der Waals surface area contributed by atoms with E-state index in [9.17, 15) is 13.2 Å². The fourth-order valence-corrected chi connectivity index (χ4v) is 4.06. The van der Waals surface area contributed by atoms with Crippen LogP contribution in [0.25, 0.3) is 0 Å².